The SMILES string of the molecule is COP(=O)(OC)C(c1ccccc1)c1cc2ccccc2oc1=O. The Bertz CT molecular complexity index is 940. The summed E-state index contributed by atoms with van der Waals surface area (Å²) in [5, 5.41) is 0.742. The van der Waals surface area contributed by atoms with Crippen molar-refractivity contribution in [3.8, 4) is 0 Å². The first-order valence-corrected chi connectivity index (χ1v) is 8.99. The van der Waals surface area contributed by atoms with E-state index < -0.39 is 18.9 Å². The van der Waals surface area contributed by atoms with E-state index in [1.54, 1.807) is 42.5 Å². The predicted molar refractivity (Wildman–Crippen MR) is 92.4 cm³/mol. The Morgan fingerprint density at radius 3 is 2.25 bits per heavy atom. The molecule has 2 aromatic carbocycles. The minimum Gasteiger partial charge on any atom is -0.422 e. The Hall–Kier alpha value is -2.20. The van der Waals surface area contributed by atoms with Gasteiger partial charge in [0.15, 0.2) is 0 Å². The van der Waals surface area contributed by atoms with Gasteiger partial charge in [0.05, 0.1) is 5.56 Å². The van der Waals surface area contributed by atoms with Gasteiger partial charge >= 0.3 is 13.2 Å². The van der Waals surface area contributed by atoms with Gasteiger partial charge < -0.3 is 13.5 Å². The van der Waals surface area contributed by atoms with E-state index in [1.165, 1.54) is 14.2 Å². The number of hydrogen-bond donors (Lipinski definition) is 0. The minimum atomic E-state index is -3.60. The van der Waals surface area contributed by atoms with Crippen molar-refractivity contribution >= 4 is 18.6 Å². The van der Waals surface area contributed by atoms with Crippen LogP contribution in [0.25, 0.3) is 11.0 Å². The number of rotatable bonds is 5. The lowest BCUT2D eigenvalue weighted by Crippen LogP contribution is -2.15. The lowest BCUT2D eigenvalue weighted by atomic mass is 10.0. The highest BCUT2D eigenvalue weighted by Gasteiger charge is 2.39. The summed E-state index contributed by atoms with van der Waals surface area (Å²) in [6.45, 7) is 0. The molecule has 0 fully saturated rings. The maximum Gasteiger partial charge on any atom is 0.342 e. The molecule has 3 rings (SSSR count). The molecule has 24 heavy (non-hydrogen) atoms. The zero-order valence-corrected chi connectivity index (χ0v) is 14.2. The van der Waals surface area contributed by atoms with Crippen LogP contribution in [0.3, 0.4) is 0 Å². The number of fused-ring (bicyclic) bond motifs is 1. The first-order chi connectivity index (χ1) is 11.6. The molecule has 0 saturated carbocycles. The van der Waals surface area contributed by atoms with E-state index in [4.69, 9.17) is 13.5 Å². The third-order valence-electron chi connectivity index (χ3n) is 3.90. The maximum absolute atomic E-state index is 13.1. The highest BCUT2D eigenvalue weighted by Crippen LogP contribution is 2.62. The summed E-state index contributed by atoms with van der Waals surface area (Å²) in [5.41, 5.74) is -0.0480. The molecule has 0 bridgehead atoms. The lowest BCUT2D eigenvalue weighted by Gasteiger charge is -2.24. The Morgan fingerprint density at radius 2 is 1.58 bits per heavy atom. The fourth-order valence-corrected chi connectivity index (χ4v) is 4.35. The predicted octanol–water partition coefficient (Wildman–Crippen LogP) is 4.37. The van der Waals surface area contributed by atoms with Crippen LogP contribution in [0.1, 0.15) is 16.8 Å². The first kappa shape index (κ1) is 16.7. The van der Waals surface area contributed by atoms with Gasteiger partial charge in [-0.05, 0) is 17.7 Å². The highest BCUT2D eigenvalue weighted by atomic mass is 31.2. The quantitative estimate of drug-likeness (QED) is 0.508. The average molecular weight is 344 g/mol. The molecule has 5 nitrogen and oxygen atoms in total. The Morgan fingerprint density at radius 1 is 0.958 bits per heavy atom. The molecule has 1 unspecified atom stereocenters. The van der Waals surface area contributed by atoms with Crippen LogP contribution >= 0.6 is 7.60 Å². The summed E-state index contributed by atoms with van der Waals surface area (Å²) in [7, 11) is -0.983. The van der Waals surface area contributed by atoms with E-state index in [2.05, 4.69) is 0 Å². The van der Waals surface area contributed by atoms with Crippen molar-refractivity contribution in [1.82, 2.24) is 0 Å². The van der Waals surface area contributed by atoms with Crippen molar-refractivity contribution in [3.05, 3.63) is 82.2 Å². The smallest absolute Gasteiger partial charge is 0.342 e. The van der Waals surface area contributed by atoms with Gasteiger partial charge in [0.2, 0.25) is 0 Å². The van der Waals surface area contributed by atoms with E-state index in [-0.39, 0.29) is 5.56 Å². The largest absolute Gasteiger partial charge is 0.422 e. The number of hydrogen-bond acceptors (Lipinski definition) is 5. The third-order valence-corrected chi connectivity index (χ3v) is 6.13. The van der Waals surface area contributed by atoms with E-state index in [1.807, 2.05) is 18.2 Å². The molecule has 1 aromatic heterocycles. The normalized spacial score (nSPS) is 13.1. The standard InChI is InChI=1S/C18H17O5P/c1-21-24(20,22-2)17(13-8-4-3-5-9-13)15-12-14-10-6-7-11-16(14)23-18(15)19/h3-12,17H,1-2H3. The third kappa shape index (κ3) is 2.94. The molecule has 3 aromatic rings. The van der Waals surface area contributed by atoms with E-state index in [0.717, 1.165) is 5.39 Å². The van der Waals surface area contributed by atoms with Gasteiger partial charge in [0.1, 0.15) is 11.2 Å². The van der Waals surface area contributed by atoms with E-state index in [9.17, 15) is 9.36 Å². The topological polar surface area (TPSA) is 65.7 Å². The molecular weight excluding hydrogens is 327 g/mol. The van der Waals surface area contributed by atoms with Crippen molar-refractivity contribution in [2.24, 2.45) is 0 Å². The molecule has 1 heterocycles. The second-order valence-electron chi connectivity index (χ2n) is 5.25. The van der Waals surface area contributed by atoms with Gasteiger partial charge in [-0.1, -0.05) is 48.5 Å². The van der Waals surface area contributed by atoms with Crippen molar-refractivity contribution in [1.29, 1.82) is 0 Å². The van der Waals surface area contributed by atoms with Gasteiger partial charge in [-0.2, -0.15) is 0 Å². The second kappa shape index (κ2) is 6.73. The average Bonchev–Trinajstić information content (AvgIpc) is 2.63. The van der Waals surface area contributed by atoms with Gasteiger partial charge in [0.25, 0.3) is 0 Å². The molecule has 0 aliphatic heterocycles. The maximum atomic E-state index is 13.1. The van der Waals surface area contributed by atoms with Crippen molar-refractivity contribution in [3.63, 3.8) is 0 Å². The van der Waals surface area contributed by atoms with E-state index >= 15 is 0 Å². The molecule has 0 aliphatic carbocycles. The molecule has 1 atom stereocenters. The van der Waals surface area contributed by atoms with E-state index in [0.29, 0.717) is 11.1 Å². The zero-order chi connectivity index (χ0) is 17.2. The Balaban J connectivity index is 2.29. The van der Waals surface area contributed by atoms with Crippen LogP contribution in [0.15, 0.2) is 69.9 Å². The van der Waals surface area contributed by atoms with Crippen LogP contribution in [0, 0.1) is 0 Å². The van der Waals surface area contributed by atoms with Crippen LogP contribution in [0.2, 0.25) is 0 Å². The lowest BCUT2D eigenvalue weighted by molar-refractivity contribution is 0.269. The van der Waals surface area contributed by atoms with Crippen LogP contribution in [0.5, 0.6) is 0 Å². The molecule has 0 spiro atoms. The molecule has 0 amide bonds. The van der Waals surface area contributed by atoms with Crippen LogP contribution in [-0.2, 0) is 13.6 Å². The molecule has 0 radical (unpaired) electrons. The highest BCUT2D eigenvalue weighted by molar-refractivity contribution is 7.54. The van der Waals surface area contributed by atoms with Crippen molar-refractivity contribution < 1.29 is 18.0 Å². The van der Waals surface area contributed by atoms with Gasteiger partial charge in [-0.25, -0.2) is 4.79 Å². The molecule has 124 valence electrons. The fourth-order valence-electron chi connectivity index (χ4n) is 2.72. The fraction of sp³-hybridized carbons (Fsp3) is 0.167. The molecule has 0 N–H and O–H groups in total. The van der Waals surface area contributed by atoms with Crippen LogP contribution in [-0.4, -0.2) is 14.2 Å². The monoisotopic (exact) mass is 344 g/mol. The summed E-state index contributed by atoms with van der Waals surface area (Å²) in [5.74, 6) is 0. The van der Waals surface area contributed by atoms with Crippen molar-refractivity contribution in [2.45, 2.75) is 5.66 Å². The second-order valence-corrected chi connectivity index (χ2v) is 7.57. The molecule has 6 heteroatoms. The van der Waals surface area contributed by atoms with Gasteiger partial charge in [0, 0.05) is 19.6 Å². The number of benzene rings is 2. The summed E-state index contributed by atoms with van der Waals surface area (Å²) in [4.78, 5) is 12.5. The molecular formula is C18H17O5P. The number of para-hydroxylation sites is 1. The van der Waals surface area contributed by atoms with Crippen LogP contribution in [0.4, 0.5) is 0 Å². The summed E-state index contributed by atoms with van der Waals surface area (Å²) in [6, 6.07) is 17.9. The molecule has 0 aliphatic rings. The zero-order valence-electron chi connectivity index (χ0n) is 13.3. The van der Waals surface area contributed by atoms with Crippen LogP contribution < -0.4 is 5.63 Å². The van der Waals surface area contributed by atoms with Crippen molar-refractivity contribution in [2.75, 3.05) is 14.2 Å². The van der Waals surface area contributed by atoms with Gasteiger partial charge in [-0.3, -0.25) is 4.57 Å². The molecule has 0 saturated heterocycles. The summed E-state index contributed by atoms with van der Waals surface area (Å²) in [6.07, 6.45) is 0. The summed E-state index contributed by atoms with van der Waals surface area (Å²) >= 11 is 0. The Kier molecular flexibility index (Phi) is 4.67. The minimum absolute atomic E-state index is 0.243. The Labute approximate surface area is 139 Å². The first-order valence-electron chi connectivity index (χ1n) is 7.38. The van der Waals surface area contributed by atoms with Gasteiger partial charge in [-0.15, -0.1) is 0 Å². The summed E-state index contributed by atoms with van der Waals surface area (Å²) < 4.78 is 28.9.